The Kier molecular flexibility index (Phi) is 4.67. The Hall–Kier alpha value is -3.67. The minimum Gasteiger partial charge on any atom is -0.485 e. The van der Waals surface area contributed by atoms with Crippen LogP contribution in [-0.4, -0.2) is 47.1 Å². The number of hydrogen-bond donors (Lipinski definition) is 1. The van der Waals surface area contributed by atoms with E-state index in [0.717, 1.165) is 24.1 Å². The molecule has 5 nitrogen and oxygen atoms in total. The smallest absolute Gasteiger partial charge is 0.181 e. The van der Waals surface area contributed by atoms with Crippen LogP contribution in [0.15, 0.2) is 78.9 Å². The molecule has 1 saturated carbocycles. The van der Waals surface area contributed by atoms with Gasteiger partial charge in [0.2, 0.25) is 0 Å². The number of ketones is 1. The molecule has 0 aromatic heterocycles. The first-order valence-corrected chi connectivity index (χ1v) is 14.9. The molecule has 1 N–H and O–H groups in total. The largest absolute Gasteiger partial charge is 0.485 e. The Morgan fingerprint density at radius 1 is 0.951 bits per heavy atom. The van der Waals surface area contributed by atoms with E-state index in [4.69, 9.17) is 9.47 Å². The molecule has 4 aromatic rings. The van der Waals surface area contributed by atoms with Gasteiger partial charge >= 0.3 is 0 Å². The molecule has 2 bridgehead atoms. The van der Waals surface area contributed by atoms with E-state index in [1.54, 1.807) is 0 Å². The zero-order chi connectivity index (χ0) is 27.6. The number of rotatable bonds is 3. The summed E-state index contributed by atoms with van der Waals surface area (Å²) in [6, 6.07) is 27.1. The van der Waals surface area contributed by atoms with Gasteiger partial charge in [0, 0.05) is 17.0 Å². The fourth-order valence-corrected chi connectivity index (χ4v) is 9.39. The minimum atomic E-state index is -1.07. The number of likely N-dealkylation sites (N-methyl/N-ethyl adjacent to an activating group) is 1. The maximum absolute atomic E-state index is 14.9. The molecule has 0 amide bonds. The lowest BCUT2D eigenvalue weighted by molar-refractivity contribution is -0.206. The van der Waals surface area contributed by atoms with E-state index < -0.39 is 22.5 Å². The second-order valence-corrected chi connectivity index (χ2v) is 13.2. The summed E-state index contributed by atoms with van der Waals surface area (Å²) in [4.78, 5) is 17.2. The van der Waals surface area contributed by atoms with Gasteiger partial charge in [0.05, 0.1) is 11.0 Å². The highest BCUT2D eigenvalue weighted by molar-refractivity contribution is 5.96. The molecule has 1 saturated heterocycles. The third-order valence-electron chi connectivity index (χ3n) is 11.2. The number of hydrogen-bond acceptors (Lipinski definition) is 5. The van der Waals surface area contributed by atoms with Crippen molar-refractivity contribution in [1.82, 2.24) is 4.90 Å². The van der Waals surface area contributed by atoms with Gasteiger partial charge in [-0.3, -0.25) is 4.79 Å². The number of likely N-dealkylation sites (tertiary alicyclic amines) is 1. The molecule has 0 unspecified atom stereocenters. The monoisotopic (exact) mass is 543 g/mol. The van der Waals surface area contributed by atoms with Crippen LogP contribution in [0.4, 0.5) is 0 Å². The van der Waals surface area contributed by atoms with Crippen molar-refractivity contribution in [2.45, 2.75) is 61.9 Å². The summed E-state index contributed by atoms with van der Waals surface area (Å²) in [6.45, 7) is 1.25. The number of carbonyl (C=O) groups excluding carboxylic acids is 1. The molecule has 9 rings (SSSR count). The Balaban J connectivity index is 1.17. The fourth-order valence-electron chi connectivity index (χ4n) is 9.39. The maximum atomic E-state index is 14.9. The summed E-state index contributed by atoms with van der Waals surface area (Å²) in [5.74, 6) is 1.50. The number of carbonyl (C=O) groups is 1. The Morgan fingerprint density at radius 2 is 1.66 bits per heavy atom. The van der Waals surface area contributed by atoms with Crippen LogP contribution in [0.2, 0.25) is 0 Å². The maximum Gasteiger partial charge on any atom is 0.181 e. The number of piperidine rings is 1. The van der Waals surface area contributed by atoms with Crippen LogP contribution < -0.4 is 9.47 Å². The van der Waals surface area contributed by atoms with Gasteiger partial charge in [-0.25, -0.2) is 0 Å². The van der Waals surface area contributed by atoms with Crippen LogP contribution in [0.5, 0.6) is 11.5 Å². The predicted molar refractivity (Wildman–Crippen MR) is 156 cm³/mol. The fraction of sp³-hybridized carbons (Fsp3) is 0.361. The van der Waals surface area contributed by atoms with E-state index in [2.05, 4.69) is 54.4 Å². The van der Waals surface area contributed by atoms with Crippen LogP contribution in [-0.2, 0) is 36.1 Å². The number of benzene rings is 4. The van der Waals surface area contributed by atoms with Crippen LogP contribution in [0, 0.1) is 5.41 Å². The summed E-state index contributed by atoms with van der Waals surface area (Å²) < 4.78 is 13.2. The average molecular weight is 544 g/mol. The molecular formula is C36H33NO4. The summed E-state index contributed by atoms with van der Waals surface area (Å²) in [5.41, 5.74) is 3.25. The lowest BCUT2D eigenvalue weighted by atomic mass is 9.44. The summed E-state index contributed by atoms with van der Waals surface area (Å²) in [7, 11) is 2.13. The Bertz CT molecular complexity index is 1720. The van der Waals surface area contributed by atoms with Gasteiger partial charge in [0.1, 0.15) is 6.61 Å². The van der Waals surface area contributed by atoms with Crippen LogP contribution in [0.25, 0.3) is 10.8 Å². The van der Waals surface area contributed by atoms with Crippen molar-refractivity contribution in [3.05, 3.63) is 107 Å². The first-order valence-electron chi connectivity index (χ1n) is 14.9. The van der Waals surface area contributed by atoms with Gasteiger partial charge in [0.15, 0.2) is 23.4 Å². The van der Waals surface area contributed by atoms with Gasteiger partial charge < -0.3 is 19.5 Å². The molecule has 41 heavy (non-hydrogen) atoms. The van der Waals surface area contributed by atoms with E-state index in [0.29, 0.717) is 43.8 Å². The van der Waals surface area contributed by atoms with E-state index in [1.807, 2.05) is 36.4 Å². The molecule has 2 spiro atoms. The van der Waals surface area contributed by atoms with E-state index >= 15 is 0 Å². The van der Waals surface area contributed by atoms with E-state index in [-0.39, 0.29) is 11.8 Å². The first kappa shape index (κ1) is 24.0. The number of aliphatic hydroxyl groups is 1. The molecule has 5 heteroatoms. The summed E-state index contributed by atoms with van der Waals surface area (Å²) in [6.07, 6.45) is 2.50. The molecule has 5 aliphatic rings. The quantitative estimate of drug-likeness (QED) is 0.387. The topological polar surface area (TPSA) is 59.0 Å². The molecule has 3 aliphatic carbocycles. The second-order valence-electron chi connectivity index (χ2n) is 13.2. The van der Waals surface area contributed by atoms with Crippen molar-refractivity contribution >= 4 is 16.6 Å². The van der Waals surface area contributed by atoms with E-state index in [9.17, 15) is 9.90 Å². The zero-order valence-electron chi connectivity index (χ0n) is 23.2. The van der Waals surface area contributed by atoms with E-state index in [1.165, 1.54) is 27.5 Å². The van der Waals surface area contributed by atoms with Crippen molar-refractivity contribution < 1.29 is 19.4 Å². The van der Waals surface area contributed by atoms with Gasteiger partial charge in [0.25, 0.3) is 0 Å². The number of ether oxygens (including phenoxy) is 2. The lowest BCUT2D eigenvalue weighted by Gasteiger charge is -2.64. The first-order chi connectivity index (χ1) is 19.9. The number of Topliss-reactive ketones (excluding diaryl/α,β-unsaturated/α-hetero) is 1. The standard InChI is InChI=1S/C36H33NO4/c1-37-14-13-35-30-25-11-12-28(40-20-22-7-3-2-4-8-22)31(30)41-33(35)32(38)34(21-36(35,39)29(37)17-25)18-26-15-23-9-5-6-10-24(23)16-27(26)19-34/h2-12,15-16,29,33,39H,13-14,17-21H2,1H3/t29-,33-,35-,36+/m0/s1. The Labute approximate surface area is 239 Å². The molecular weight excluding hydrogens is 510 g/mol. The highest BCUT2D eigenvalue weighted by Gasteiger charge is 2.77. The highest BCUT2D eigenvalue weighted by atomic mass is 16.5. The molecule has 206 valence electrons. The Morgan fingerprint density at radius 3 is 2.39 bits per heavy atom. The third-order valence-corrected chi connectivity index (χ3v) is 11.2. The minimum absolute atomic E-state index is 0.0651. The van der Waals surface area contributed by atoms with Crippen molar-refractivity contribution in [1.29, 1.82) is 0 Å². The SMILES string of the molecule is CN1CC[C@]23c4c5ccc(OCc6ccccc6)c4O[C@H]2C(=O)C2(Cc4cc6ccccc6cc4C2)C[C@@]3(O)[C@@H]1C5. The zero-order valence-corrected chi connectivity index (χ0v) is 23.2. The van der Waals surface area contributed by atoms with Crippen molar-refractivity contribution in [3.63, 3.8) is 0 Å². The average Bonchev–Trinajstić information content (AvgIpc) is 3.52. The van der Waals surface area contributed by atoms with Crippen LogP contribution in [0.1, 0.15) is 40.7 Å². The third kappa shape index (κ3) is 2.96. The number of fused-ring (bicyclic) bond motifs is 2. The molecule has 4 aromatic carbocycles. The molecule has 2 fully saturated rings. The lowest BCUT2D eigenvalue weighted by Crippen LogP contribution is -2.79. The van der Waals surface area contributed by atoms with Crippen LogP contribution >= 0.6 is 0 Å². The van der Waals surface area contributed by atoms with Gasteiger partial charge in [-0.1, -0.05) is 72.8 Å². The summed E-state index contributed by atoms with van der Waals surface area (Å²) in [5, 5.41) is 15.5. The molecule has 0 radical (unpaired) electrons. The van der Waals surface area contributed by atoms with Crippen molar-refractivity contribution in [2.24, 2.45) is 5.41 Å². The molecule has 2 heterocycles. The van der Waals surface area contributed by atoms with Gasteiger partial charge in [-0.15, -0.1) is 0 Å². The predicted octanol–water partition coefficient (Wildman–Crippen LogP) is 5.17. The molecule has 2 aliphatic heterocycles. The normalized spacial score (nSPS) is 30.2. The second kappa shape index (κ2) is 7.99. The van der Waals surface area contributed by atoms with Gasteiger partial charge in [-0.2, -0.15) is 0 Å². The summed E-state index contributed by atoms with van der Waals surface area (Å²) >= 11 is 0. The van der Waals surface area contributed by atoms with Crippen LogP contribution in [0.3, 0.4) is 0 Å². The molecule has 4 atom stereocenters. The van der Waals surface area contributed by atoms with Gasteiger partial charge in [-0.05, 0) is 84.8 Å². The number of nitrogens with zero attached hydrogens (tertiary/aromatic N) is 1. The highest BCUT2D eigenvalue weighted by Crippen LogP contribution is 2.68. The van der Waals surface area contributed by atoms with Crippen molar-refractivity contribution in [3.8, 4) is 11.5 Å². The van der Waals surface area contributed by atoms with Crippen molar-refractivity contribution in [2.75, 3.05) is 13.6 Å².